The summed E-state index contributed by atoms with van der Waals surface area (Å²) >= 11 is 6.52. The Bertz CT molecular complexity index is 704. The molecule has 0 aliphatic heterocycles. The highest BCUT2D eigenvalue weighted by molar-refractivity contribution is 7.88. The number of alkyl halides is 1. The van der Waals surface area contributed by atoms with E-state index in [0.29, 0.717) is 4.90 Å². The minimum Gasteiger partial charge on any atom is -0.383 e. The second-order valence-electron chi connectivity index (χ2n) is 5.89. The molecule has 0 amide bonds. The highest BCUT2D eigenvalue weighted by atomic mass is 35.5. The zero-order valence-corrected chi connectivity index (χ0v) is 15.1. The van der Waals surface area contributed by atoms with E-state index >= 15 is 0 Å². The lowest BCUT2D eigenvalue weighted by molar-refractivity contribution is 0.0999. The van der Waals surface area contributed by atoms with Crippen molar-refractivity contribution in [1.29, 1.82) is 0 Å². The molecule has 0 radical (unpaired) electrons. The minimum absolute atomic E-state index is 0.599. The Labute approximate surface area is 145 Å². The highest BCUT2D eigenvalue weighted by Gasteiger charge is 2.45. The molecule has 0 saturated heterocycles. The van der Waals surface area contributed by atoms with Crippen molar-refractivity contribution < 1.29 is 9.32 Å². The van der Waals surface area contributed by atoms with Crippen molar-refractivity contribution in [3.63, 3.8) is 0 Å². The zero-order chi connectivity index (χ0) is 17.1. The Morgan fingerprint density at radius 1 is 1.04 bits per heavy atom. The fourth-order valence-electron chi connectivity index (χ4n) is 2.04. The molecule has 0 aliphatic rings. The van der Waals surface area contributed by atoms with Crippen molar-refractivity contribution >= 4 is 28.5 Å². The quantitative estimate of drug-likeness (QED) is 0.806. The molecule has 0 aromatic heterocycles. The maximum atomic E-state index is 12.8. The topological polar surface area (TPSA) is 37.3 Å². The Balaban J connectivity index is 2.27. The van der Waals surface area contributed by atoms with Gasteiger partial charge in [-0.2, -0.15) is 0 Å². The molecule has 0 aliphatic carbocycles. The predicted molar refractivity (Wildman–Crippen MR) is 97.9 cm³/mol. The van der Waals surface area contributed by atoms with Crippen LogP contribution in [0.1, 0.15) is 25.0 Å². The molecule has 0 bridgehead atoms. The summed E-state index contributed by atoms with van der Waals surface area (Å²) in [7, 11) is -1.57. The predicted octanol–water partition coefficient (Wildman–Crippen LogP) is 4.52. The molecule has 1 N–H and O–H groups in total. The van der Waals surface area contributed by atoms with Crippen LogP contribution in [0.4, 0.5) is 0 Å². The average molecular weight is 349 g/mol. The normalized spacial score (nSPS) is 18.3. The number of rotatable bonds is 5. The molecule has 0 fully saturated rings. The van der Waals surface area contributed by atoms with Gasteiger partial charge in [0.15, 0.2) is 4.21 Å². The van der Waals surface area contributed by atoms with Crippen molar-refractivity contribution in [2.45, 2.75) is 35.5 Å². The largest absolute Gasteiger partial charge is 0.383 e. The van der Waals surface area contributed by atoms with Crippen molar-refractivity contribution in [2.75, 3.05) is 0 Å². The van der Waals surface area contributed by atoms with Gasteiger partial charge in [-0.1, -0.05) is 60.2 Å². The summed E-state index contributed by atoms with van der Waals surface area (Å²) in [4.78, 5) is 0.599. The third-order valence-electron chi connectivity index (χ3n) is 3.89. The van der Waals surface area contributed by atoms with Gasteiger partial charge in [-0.15, -0.1) is 11.6 Å². The average Bonchev–Trinajstić information content (AvgIpc) is 2.54. The molecule has 3 unspecified atom stereocenters. The van der Waals surface area contributed by atoms with Crippen molar-refractivity contribution in [3.05, 3.63) is 71.8 Å². The van der Waals surface area contributed by atoms with Gasteiger partial charge in [0.1, 0.15) is 5.60 Å². The van der Waals surface area contributed by atoms with Gasteiger partial charge in [0.2, 0.25) is 0 Å². The van der Waals surface area contributed by atoms with Crippen LogP contribution in [-0.2, 0) is 10.8 Å². The van der Waals surface area contributed by atoms with E-state index < -0.39 is 20.6 Å². The fraction of sp³-hybridized carbons (Fsp3) is 0.263. The third kappa shape index (κ3) is 4.11. The van der Waals surface area contributed by atoms with Crippen LogP contribution in [0.15, 0.2) is 65.6 Å². The standard InChI is InChI=1S/C19H21ClO2S/c1-15-9-11-17(12-10-15)23(22)19(3,20)18(2,21)14-13-16-7-5-4-6-8-16/h4-14,21H,1-3H3/b14-13+. The molecular weight excluding hydrogens is 328 g/mol. The first-order valence-corrected chi connectivity index (χ1v) is 8.91. The number of hydrogen-bond donors (Lipinski definition) is 1. The Hall–Kier alpha value is -1.42. The molecule has 2 rings (SSSR count). The molecule has 2 aromatic rings. The van der Waals surface area contributed by atoms with E-state index in [9.17, 15) is 9.32 Å². The second kappa shape index (κ2) is 7.00. The van der Waals surface area contributed by atoms with E-state index in [-0.39, 0.29) is 0 Å². The van der Waals surface area contributed by atoms with Gasteiger partial charge < -0.3 is 5.11 Å². The van der Waals surface area contributed by atoms with E-state index in [4.69, 9.17) is 11.6 Å². The van der Waals surface area contributed by atoms with E-state index in [2.05, 4.69) is 0 Å². The highest BCUT2D eigenvalue weighted by Crippen LogP contribution is 2.37. The van der Waals surface area contributed by atoms with Crippen LogP contribution < -0.4 is 0 Å². The van der Waals surface area contributed by atoms with Crippen LogP contribution in [-0.4, -0.2) is 19.1 Å². The first kappa shape index (κ1) is 17.9. The minimum atomic E-state index is -1.57. The summed E-state index contributed by atoms with van der Waals surface area (Å²) in [5.41, 5.74) is 0.583. The summed E-state index contributed by atoms with van der Waals surface area (Å²) in [6.45, 7) is 5.14. The summed E-state index contributed by atoms with van der Waals surface area (Å²) < 4.78 is 11.5. The Kier molecular flexibility index (Phi) is 5.45. The van der Waals surface area contributed by atoms with E-state index in [1.807, 2.05) is 49.4 Å². The monoisotopic (exact) mass is 348 g/mol. The number of aliphatic hydroxyl groups is 1. The fourth-order valence-corrected chi connectivity index (χ4v) is 3.64. The lowest BCUT2D eigenvalue weighted by Crippen LogP contribution is -2.47. The van der Waals surface area contributed by atoms with E-state index in [1.165, 1.54) is 0 Å². The van der Waals surface area contributed by atoms with Gasteiger partial charge in [-0.25, -0.2) is 0 Å². The van der Waals surface area contributed by atoms with Gasteiger partial charge in [0, 0.05) is 4.90 Å². The number of aryl methyl sites for hydroxylation is 1. The molecule has 0 spiro atoms. The summed E-state index contributed by atoms with van der Waals surface area (Å²) in [6.07, 6.45) is 3.38. The van der Waals surface area contributed by atoms with Gasteiger partial charge in [0.05, 0.1) is 10.8 Å². The van der Waals surface area contributed by atoms with E-state index in [0.717, 1.165) is 11.1 Å². The number of halogens is 1. The summed E-state index contributed by atoms with van der Waals surface area (Å²) in [6, 6.07) is 16.9. The molecule has 0 saturated carbocycles. The second-order valence-corrected chi connectivity index (χ2v) is 8.70. The van der Waals surface area contributed by atoms with Crippen molar-refractivity contribution in [2.24, 2.45) is 0 Å². The molecule has 4 heteroatoms. The Morgan fingerprint density at radius 3 is 2.17 bits per heavy atom. The van der Waals surface area contributed by atoms with Gasteiger partial charge in [0.25, 0.3) is 0 Å². The molecule has 122 valence electrons. The maximum Gasteiger partial charge on any atom is 0.153 e. The Morgan fingerprint density at radius 2 is 1.61 bits per heavy atom. The van der Waals surface area contributed by atoms with Gasteiger partial charge in [-0.05, 0) is 38.5 Å². The lowest BCUT2D eigenvalue weighted by atomic mass is 10.0. The maximum absolute atomic E-state index is 12.8. The zero-order valence-electron chi connectivity index (χ0n) is 13.5. The number of hydrogen-bond acceptors (Lipinski definition) is 2. The van der Waals surface area contributed by atoms with Crippen LogP contribution in [0.2, 0.25) is 0 Å². The number of benzene rings is 2. The first-order chi connectivity index (χ1) is 10.7. The van der Waals surface area contributed by atoms with Gasteiger partial charge >= 0.3 is 0 Å². The van der Waals surface area contributed by atoms with Crippen LogP contribution in [0.3, 0.4) is 0 Å². The van der Waals surface area contributed by atoms with Crippen LogP contribution in [0.25, 0.3) is 6.08 Å². The SMILES string of the molecule is Cc1ccc(S(=O)C(C)(Cl)C(C)(O)/C=C/c2ccccc2)cc1. The molecule has 0 heterocycles. The molecular formula is C19H21ClO2S. The van der Waals surface area contributed by atoms with E-state index in [1.54, 1.807) is 38.1 Å². The van der Waals surface area contributed by atoms with Crippen molar-refractivity contribution in [1.82, 2.24) is 0 Å². The molecule has 3 atom stereocenters. The summed E-state index contributed by atoms with van der Waals surface area (Å²) in [5, 5.41) is 10.8. The first-order valence-electron chi connectivity index (χ1n) is 7.38. The van der Waals surface area contributed by atoms with Crippen LogP contribution >= 0.6 is 11.6 Å². The van der Waals surface area contributed by atoms with Crippen LogP contribution in [0, 0.1) is 6.92 Å². The smallest absolute Gasteiger partial charge is 0.153 e. The molecule has 2 nitrogen and oxygen atoms in total. The lowest BCUT2D eigenvalue weighted by Gasteiger charge is -2.34. The van der Waals surface area contributed by atoms with Gasteiger partial charge in [-0.3, -0.25) is 4.21 Å². The molecule has 2 aromatic carbocycles. The summed E-state index contributed by atoms with van der Waals surface area (Å²) in [5.74, 6) is 0. The molecule has 23 heavy (non-hydrogen) atoms. The van der Waals surface area contributed by atoms with Crippen LogP contribution in [0.5, 0.6) is 0 Å². The van der Waals surface area contributed by atoms with Crippen molar-refractivity contribution in [3.8, 4) is 0 Å². The third-order valence-corrected chi connectivity index (χ3v) is 6.50.